The van der Waals surface area contributed by atoms with Gasteiger partial charge in [-0.1, -0.05) is 53.4 Å². The number of hydrogen-bond acceptors (Lipinski definition) is 8. The van der Waals surface area contributed by atoms with Gasteiger partial charge in [0.2, 0.25) is 0 Å². The molecular weight excluding hydrogens is 546 g/mol. The van der Waals surface area contributed by atoms with Crippen LogP contribution in [0.3, 0.4) is 0 Å². The number of benzene rings is 2. The van der Waals surface area contributed by atoms with Crippen LogP contribution in [0, 0.1) is 0 Å². The van der Waals surface area contributed by atoms with Crippen molar-refractivity contribution >= 4 is 21.4 Å². The molecule has 10 heteroatoms. The van der Waals surface area contributed by atoms with Crippen molar-refractivity contribution in [2.75, 3.05) is 26.2 Å². The third-order valence-electron chi connectivity index (χ3n) is 7.08. The molecular formula is C31H45NO8S. The van der Waals surface area contributed by atoms with E-state index in [1.54, 1.807) is 0 Å². The lowest BCUT2D eigenvalue weighted by Gasteiger charge is -2.39. The van der Waals surface area contributed by atoms with Gasteiger partial charge in [0.15, 0.2) is 5.43 Å². The van der Waals surface area contributed by atoms with Crippen LogP contribution in [-0.4, -0.2) is 53.8 Å². The van der Waals surface area contributed by atoms with Crippen LogP contribution in [-0.2, 0) is 10.4 Å². The third-order valence-corrected chi connectivity index (χ3v) is 7.47. The molecule has 0 fully saturated rings. The molecule has 0 unspecified atom stereocenters. The maximum atomic E-state index is 12.2. The largest absolute Gasteiger partial charge is 0.716 e. The van der Waals surface area contributed by atoms with Gasteiger partial charge in [-0.2, -0.15) is 0 Å². The molecule has 0 atom stereocenters. The van der Waals surface area contributed by atoms with Crippen LogP contribution in [0.15, 0.2) is 51.7 Å². The molecule has 228 valence electrons. The van der Waals surface area contributed by atoms with E-state index in [0.29, 0.717) is 5.56 Å². The number of nitrogens with zero attached hydrogens (tertiary/aromatic N) is 1. The van der Waals surface area contributed by atoms with E-state index in [9.17, 15) is 28.0 Å². The van der Waals surface area contributed by atoms with E-state index in [1.807, 2.05) is 0 Å². The number of phenolic OH excluding ortho intramolecular Hbond substituents is 2. The summed E-state index contributed by atoms with van der Waals surface area (Å²) in [6, 6.07) is 8.76. The first-order valence-electron chi connectivity index (χ1n) is 14.6. The van der Waals surface area contributed by atoms with Gasteiger partial charge < -0.3 is 27.8 Å². The van der Waals surface area contributed by atoms with Crippen molar-refractivity contribution in [3.63, 3.8) is 0 Å². The maximum absolute atomic E-state index is 12.2. The number of rotatable bonds is 15. The van der Waals surface area contributed by atoms with E-state index in [4.69, 9.17) is 4.42 Å². The summed E-state index contributed by atoms with van der Waals surface area (Å²) in [5.74, 6) is -0.928. The first-order chi connectivity index (χ1) is 19.5. The summed E-state index contributed by atoms with van der Waals surface area (Å²) < 4.78 is 43.0. The minimum Gasteiger partial charge on any atom is -0.716 e. The maximum Gasteiger partial charge on any atom is 0.262 e. The van der Waals surface area contributed by atoms with E-state index < -0.39 is 27.3 Å². The number of phenols is 2. The molecule has 9 nitrogen and oxygen atoms in total. The first kappa shape index (κ1) is 34.1. The Morgan fingerprint density at radius 2 is 1.29 bits per heavy atom. The second-order valence-electron chi connectivity index (χ2n) is 10.5. The Balaban J connectivity index is 0.000000307. The van der Waals surface area contributed by atoms with E-state index in [0.717, 1.165) is 18.2 Å². The Morgan fingerprint density at radius 1 is 0.805 bits per heavy atom. The molecule has 3 rings (SSSR count). The third kappa shape index (κ3) is 11.0. The smallest absolute Gasteiger partial charge is 0.262 e. The zero-order chi connectivity index (χ0) is 30.5. The topological polar surface area (TPSA) is 137 Å². The molecule has 1 aromatic heterocycles. The lowest BCUT2D eigenvalue weighted by atomic mass is 10.1. The molecule has 41 heavy (non-hydrogen) atoms. The van der Waals surface area contributed by atoms with Crippen molar-refractivity contribution < 1.29 is 36.3 Å². The van der Waals surface area contributed by atoms with Gasteiger partial charge in [0.25, 0.3) is 10.4 Å². The average molecular weight is 592 g/mol. The molecule has 0 aliphatic carbocycles. The van der Waals surface area contributed by atoms with Crippen LogP contribution < -0.4 is 9.61 Å². The molecule has 0 saturated heterocycles. The van der Waals surface area contributed by atoms with Gasteiger partial charge in [0.05, 0.1) is 26.2 Å². The highest BCUT2D eigenvalue weighted by atomic mass is 32.3. The number of quaternary nitrogens is 1. The molecule has 3 aromatic rings. The van der Waals surface area contributed by atoms with Crippen LogP contribution in [0.2, 0.25) is 0 Å². The Hall–Kier alpha value is -3.08. The summed E-state index contributed by atoms with van der Waals surface area (Å²) in [5.41, 5.74) is -0.272. The molecule has 2 N–H and O–H groups in total. The van der Waals surface area contributed by atoms with Gasteiger partial charge in [0, 0.05) is 23.8 Å². The Labute approximate surface area is 243 Å². The quantitative estimate of drug-likeness (QED) is 0.113. The van der Waals surface area contributed by atoms with Gasteiger partial charge in [0.1, 0.15) is 34.0 Å². The van der Waals surface area contributed by atoms with E-state index in [2.05, 4.69) is 31.9 Å². The van der Waals surface area contributed by atoms with Crippen LogP contribution >= 0.6 is 0 Å². The predicted molar refractivity (Wildman–Crippen MR) is 161 cm³/mol. The van der Waals surface area contributed by atoms with Gasteiger partial charge in [-0.15, -0.1) is 0 Å². The Morgan fingerprint density at radius 3 is 1.73 bits per heavy atom. The van der Waals surface area contributed by atoms with Gasteiger partial charge in [-0.25, -0.2) is 8.42 Å². The fourth-order valence-corrected chi connectivity index (χ4v) is 5.15. The number of aromatic hydroxyl groups is 2. The SMILES string of the molecule is CCCC[N+](CCCC)(CCCC)CCCC.O=c1cc(-c2ccc(O)cc2)oc2cc(OS(=O)(=O)[O-])cc(O)c12. The number of hydrogen-bond donors (Lipinski definition) is 2. The van der Waals surface area contributed by atoms with Crippen LogP contribution in [0.1, 0.15) is 79.1 Å². The van der Waals surface area contributed by atoms with Crippen molar-refractivity contribution in [3.8, 4) is 28.6 Å². The Bertz CT molecular complexity index is 1350. The average Bonchev–Trinajstić information content (AvgIpc) is 2.91. The van der Waals surface area contributed by atoms with Crippen molar-refractivity contribution in [3.05, 3.63) is 52.7 Å². The van der Waals surface area contributed by atoms with Crippen molar-refractivity contribution in [1.82, 2.24) is 0 Å². The van der Waals surface area contributed by atoms with E-state index >= 15 is 0 Å². The van der Waals surface area contributed by atoms with Crippen molar-refractivity contribution in [1.29, 1.82) is 0 Å². The summed E-state index contributed by atoms with van der Waals surface area (Å²) in [7, 11) is -5.05. The lowest BCUT2D eigenvalue weighted by molar-refractivity contribution is -0.929. The highest BCUT2D eigenvalue weighted by Gasteiger charge is 2.24. The highest BCUT2D eigenvalue weighted by Crippen LogP contribution is 2.32. The zero-order valence-electron chi connectivity index (χ0n) is 24.7. The summed E-state index contributed by atoms with van der Waals surface area (Å²) >= 11 is 0. The molecule has 2 aromatic carbocycles. The number of fused-ring (bicyclic) bond motifs is 1. The molecule has 0 spiro atoms. The summed E-state index contributed by atoms with van der Waals surface area (Å²) in [4.78, 5) is 12.2. The minimum atomic E-state index is -5.05. The fourth-order valence-electron chi connectivity index (χ4n) is 4.82. The highest BCUT2D eigenvalue weighted by molar-refractivity contribution is 7.81. The molecule has 0 aliphatic rings. The second kappa shape index (κ2) is 16.4. The summed E-state index contributed by atoms with van der Waals surface area (Å²) in [5, 5.41) is 19.0. The normalized spacial score (nSPS) is 11.7. The predicted octanol–water partition coefficient (Wildman–Crippen LogP) is 6.71. The minimum absolute atomic E-state index is 0.0240. The standard InChI is InChI=1S/C16H36N.C15H10O8S/c1-5-9-13-17(14-10-6-2,15-11-7-3)16-12-8-4;16-9-3-1-8(2-4-9)13-7-12(18)15-11(17)5-10(6-14(15)22-13)23-24(19,20)21/h5-16H2,1-4H3;1-7,16-17H,(H,19,20,21)/q+1;/p-1. The van der Waals surface area contributed by atoms with E-state index in [-0.39, 0.29) is 22.5 Å². The first-order valence-corrected chi connectivity index (χ1v) is 15.9. The second-order valence-corrected chi connectivity index (χ2v) is 11.5. The summed E-state index contributed by atoms with van der Waals surface area (Å²) in [6.07, 6.45) is 11.1. The number of unbranched alkanes of at least 4 members (excludes halogenated alkanes) is 4. The summed E-state index contributed by atoms with van der Waals surface area (Å²) in [6.45, 7) is 15.0. The van der Waals surface area contributed by atoms with Crippen LogP contribution in [0.4, 0.5) is 0 Å². The molecule has 1 heterocycles. The van der Waals surface area contributed by atoms with E-state index in [1.165, 1.54) is 106 Å². The zero-order valence-corrected chi connectivity index (χ0v) is 25.5. The van der Waals surface area contributed by atoms with Gasteiger partial charge in [-0.3, -0.25) is 4.79 Å². The lowest BCUT2D eigenvalue weighted by Crippen LogP contribution is -2.50. The molecule has 0 aliphatic heterocycles. The van der Waals surface area contributed by atoms with Crippen molar-refractivity contribution in [2.45, 2.75) is 79.1 Å². The monoisotopic (exact) mass is 591 g/mol. The molecule has 0 saturated carbocycles. The Kier molecular flexibility index (Phi) is 13.6. The van der Waals surface area contributed by atoms with Crippen LogP contribution in [0.5, 0.6) is 17.2 Å². The molecule has 0 bridgehead atoms. The fraction of sp³-hybridized carbons (Fsp3) is 0.516. The molecule has 0 radical (unpaired) electrons. The van der Waals surface area contributed by atoms with Gasteiger partial charge in [-0.05, 0) is 49.9 Å². The van der Waals surface area contributed by atoms with Gasteiger partial charge >= 0.3 is 0 Å². The van der Waals surface area contributed by atoms with Crippen LogP contribution in [0.25, 0.3) is 22.3 Å². The molecule has 0 amide bonds. The van der Waals surface area contributed by atoms with Crippen molar-refractivity contribution in [2.24, 2.45) is 0 Å².